The monoisotopic (exact) mass is 357 g/mol. The Hall–Kier alpha value is -2.60. The fraction of sp³-hybridized carbons (Fsp3) is 0.278. The number of fused-ring (bicyclic) bond motifs is 1. The van der Waals surface area contributed by atoms with Crippen molar-refractivity contribution in [1.82, 2.24) is 14.6 Å². The Morgan fingerprint density at radius 3 is 2.72 bits per heavy atom. The van der Waals surface area contributed by atoms with Gasteiger partial charge in [0.15, 0.2) is 5.69 Å². The molecule has 1 aromatic carbocycles. The lowest BCUT2D eigenvalue weighted by Crippen LogP contribution is -2.12. The van der Waals surface area contributed by atoms with E-state index in [4.69, 9.17) is 16.3 Å². The number of benzene rings is 1. The van der Waals surface area contributed by atoms with Crippen molar-refractivity contribution in [2.45, 2.75) is 25.7 Å². The maximum atomic E-state index is 12.7. The number of carbonyl (C=O) groups excluding carboxylic acids is 1. The number of esters is 1. The lowest BCUT2D eigenvalue weighted by atomic mass is 10.1. The number of nitrogens with zero attached hydrogens (tertiary/aromatic N) is 2. The van der Waals surface area contributed by atoms with Crippen molar-refractivity contribution in [2.75, 3.05) is 6.61 Å². The van der Waals surface area contributed by atoms with E-state index in [9.17, 15) is 9.59 Å². The van der Waals surface area contributed by atoms with Crippen molar-refractivity contribution in [2.24, 2.45) is 0 Å². The van der Waals surface area contributed by atoms with Gasteiger partial charge in [0.1, 0.15) is 5.52 Å². The van der Waals surface area contributed by atoms with Crippen LogP contribution in [0.5, 0.6) is 0 Å². The van der Waals surface area contributed by atoms with Crippen LogP contribution in [-0.4, -0.2) is 27.2 Å². The minimum absolute atomic E-state index is 0.194. The molecule has 0 unspecified atom stereocenters. The van der Waals surface area contributed by atoms with E-state index >= 15 is 0 Å². The van der Waals surface area contributed by atoms with Crippen LogP contribution < -0.4 is 5.56 Å². The Morgan fingerprint density at radius 2 is 2.08 bits per heavy atom. The predicted molar refractivity (Wildman–Crippen MR) is 94.2 cm³/mol. The van der Waals surface area contributed by atoms with Crippen LogP contribution in [0.3, 0.4) is 0 Å². The largest absolute Gasteiger partial charge is 0.461 e. The average molecular weight is 358 g/mol. The number of hydrogen-bond donors (Lipinski definition) is 1. The molecule has 0 spiro atoms. The van der Waals surface area contributed by atoms with Crippen LogP contribution in [0.4, 0.5) is 0 Å². The second kappa shape index (κ2) is 6.04. The third-order valence-electron chi connectivity index (χ3n) is 4.27. The van der Waals surface area contributed by atoms with Crippen molar-refractivity contribution < 1.29 is 9.53 Å². The van der Waals surface area contributed by atoms with Gasteiger partial charge in [-0.25, -0.2) is 9.31 Å². The number of nitrogens with one attached hydrogen (secondary N) is 1. The first-order valence-corrected chi connectivity index (χ1v) is 8.55. The summed E-state index contributed by atoms with van der Waals surface area (Å²) < 4.78 is 6.59. The lowest BCUT2D eigenvalue weighted by molar-refractivity contribution is 0.0517. The normalized spacial score (nSPS) is 14.0. The summed E-state index contributed by atoms with van der Waals surface area (Å²) >= 11 is 5.92. The van der Waals surface area contributed by atoms with Crippen LogP contribution in [0.1, 0.15) is 41.7 Å². The van der Waals surface area contributed by atoms with Crippen LogP contribution in [0.2, 0.25) is 5.02 Å². The molecule has 0 aliphatic heterocycles. The molecule has 2 heterocycles. The summed E-state index contributed by atoms with van der Waals surface area (Å²) in [5.74, 6) is -0.292. The first-order chi connectivity index (χ1) is 12.1. The molecule has 6 nitrogen and oxygen atoms in total. The van der Waals surface area contributed by atoms with Crippen LogP contribution in [0, 0.1) is 0 Å². The number of rotatable bonds is 4. The van der Waals surface area contributed by atoms with Gasteiger partial charge in [-0.15, -0.1) is 0 Å². The van der Waals surface area contributed by atoms with E-state index in [0.717, 1.165) is 18.4 Å². The van der Waals surface area contributed by atoms with Gasteiger partial charge in [-0.3, -0.25) is 4.79 Å². The number of H-pyrrole nitrogens is 1. The van der Waals surface area contributed by atoms with Gasteiger partial charge in [-0.2, -0.15) is 5.10 Å². The van der Waals surface area contributed by atoms with E-state index in [-0.39, 0.29) is 23.8 Å². The van der Waals surface area contributed by atoms with Crippen LogP contribution in [0.15, 0.2) is 35.3 Å². The topological polar surface area (TPSA) is 76.5 Å². The van der Waals surface area contributed by atoms with Crippen molar-refractivity contribution in [1.29, 1.82) is 0 Å². The Kier molecular flexibility index (Phi) is 3.84. The second-order valence-electron chi connectivity index (χ2n) is 6.05. The van der Waals surface area contributed by atoms with Gasteiger partial charge in [-0.05, 0) is 43.4 Å². The number of ether oxygens (including phenoxy) is 1. The minimum atomic E-state index is -0.486. The molecular formula is C18H16ClN3O3. The maximum absolute atomic E-state index is 12.7. The van der Waals surface area contributed by atoms with Crippen molar-refractivity contribution in [3.63, 3.8) is 0 Å². The first kappa shape index (κ1) is 15.9. The summed E-state index contributed by atoms with van der Waals surface area (Å²) in [7, 11) is 0. The summed E-state index contributed by atoms with van der Waals surface area (Å²) in [6.07, 6.45) is 3.62. The van der Waals surface area contributed by atoms with Crippen molar-refractivity contribution in [3.8, 4) is 11.3 Å². The van der Waals surface area contributed by atoms with Gasteiger partial charge < -0.3 is 9.72 Å². The van der Waals surface area contributed by atoms with Gasteiger partial charge in [-0.1, -0.05) is 23.7 Å². The highest BCUT2D eigenvalue weighted by atomic mass is 35.5. The molecular weight excluding hydrogens is 342 g/mol. The summed E-state index contributed by atoms with van der Waals surface area (Å²) in [6.45, 7) is 2.01. The Labute approximate surface area is 148 Å². The quantitative estimate of drug-likeness (QED) is 0.726. The zero-order chi connectivity index (χ0) is 17.6. The van der Waals surface area contributed by atoms with Crippen molar-refractivity contribution >= 4 is 23.1 Å². The van der Waals surface area contributed by atoms with Gasteiger partial charge in [0.05, 0.1) is 18.5 Å². The predicted octanol–water partition coefficient (Wildman–Crippen LogP) is 3.40. The number of hydrogen-bond acceptors (Lipinski definition) is 4. The van der Waals surface area contributed by atoms with Crippen molar-refractivity contribution in [3.05, 3.63) is 57.1 Å². The highest BCUT2D eigenvalue weighted by Crippen LogP contribution is 2.43. The molecule has 1 fully saturated rings. The number of carbonyl (C=O) groups is 1. The molecule has 0 radical (unpaired) electrons. The van der Waals surface area contributed by atoms with Gasteiger partial charge >= 0.3 is 5.97 Å². The zero-order valence-corrected chi connectivity index (χ0v) is 14.3. The fourth-order valence-corrected chi connectivity index (χ4v) is 3.11. The summed E-state index contributed by atoms with van der Waals surface area (Å²) in [5.41, 5.74) is 2.50. The van der Waals surface area contributed by atoms with Gasteiger partial charge in [0, 0.05) is 10.6 Å². The van der Waals surface area contributed by atoms with E-state index in [1.165, 1.54) is 4.52 Å². The molecule has 0 atom stereocenters. The van der Waals surface area contributed by atoms with Crippen LogP contribution in [0.25, 0.3) is 16.8 Å². The molecule has 1 saturated carbocycles. The molecule has 0 saturated heterocycles. The van der Waals surface area contributed by atoms with E-state index in [0.29, 0.717) is 21.8 Å². The third-order valence-corrected chi connectivity index (χ3v) is 4.52. The molecule has 7 heteroatoms. The highest BCUT2D eigenvalue weighted by Gasteiger charge is 2.34. The molecule has 1 N–H and O–H groups in total. The van der Waals surface area contributed by atoms with E-state index < -0.39 is 5.97 Å². The minimum Gasteiger partial charge on any atom is -0.461 e. The fourth-order valence-electron chi connectivity index (χ4n) is 2.99. The average Bonchev–Trinajstić information content (AvgIpc) is 3.35. The van der Waals surface area contributed by atoms with E-state index in [2.05, 4.69) is 10.1 Å². The third kappa shape index (κ3) is 2.82. The van der Waals surface area contributed by atoms with E-state index in [1.54, 1.807) is 25.3 Å². The Morgan fingerprint density at radius 1 is 1.36 bits per heavy atom. The van der Waals surface area contributed by atoms with E-state index in [1.807, 2.05) is 12.1 Å². The molecule has 1 aliphatic carbocycles. The summed E-state index contributed by atoms with van der Waals surface area (Å²) in [5, 5.41) is 4.97. The molecule has 1 aliphatic rings. The SMILES string of the molecule is CCOC(=O)c1nn2cc(-c3ccc(Cl)cc3)[nH]c(=O)c2c1C1CC1. The van der Waals surface area contributed by atoms with Gasteiger partial charge in [0.2, 0.25) is 0 Å². The number of aromatic nitrogens is 3. The number of halogens is 1. The standard InChI is InChI=1S/C18H16ClN3O3/c1-2-25-18(24)15-14(11-3-4-11)16-17(23)20-13(9-22(16)21-15)10-5-7-12(19)8-6-10/h5-9,11H,2-4H2,1H3,(H,20,23). The zero-order valence-electron chi connectivity index (χ0n) is 13.6. The number of aromatic amines is 1. The molecule has 25 heavy (non-hydrogen) atoms. The highest BCUT2D eigenvalue weighted by molar-refractivity contribution is 6.30. The summed E-state index contributed by atoms with van der Waals surface area (Å²) in [4.78, 5) is 27.8. The molecule has 3 aromatic rings. The van der Waals surface area contributed by atoms with Crippen LogP contribution in [-0.2, 0) is 4.74 Å². The molecule has 2 aromatic heterocycles. The maximum Gasteiger partial charge on any atom is 0.359 e. The first-order valence-electron chi connectivity index (χ1n) is 8.17. The van der Waals surface area contributed by atoms with Crippen LogP contribution >= 0.6 is 11.6 Å². The molecule has 128 valence electrons. The summed E-state index contributed by atoms with van der Waals surface area (Å²) in [6, 6.07) is 7.14. The Balaban J connectivity index is 1.90. The lowest BCUT2D eigenvalue weighted by Gasteiger charge is -2.03. The second-order valence-corrected chi connectivity index (χ2v) is 6.49. The molecule has 0 amide bonds. The van der Waals surface area contributed by atoms with Gasteiger partial charge in [0.25, 0.3) is 5.56 Å². The molecule has 4 rings (SSSR count). The smallest absolute Gasteiger partial charge is 0.359 e. The Bertz CT molecular complexity index is 1020. The molecule has 0 bridgehead atoms.